The number of aryl methyl sites for hydroxylation is 1. The Balaban J connectivity index is 1.66. The lowest BCUT2D eigenvalue weighted by molar-refractivity contribution is -0.115. The number of hydrogen-bond acceptors (Lipinski definition) is 4. The van der Waals surface area contributed by atoms with E-state index in [9.17, 15) is 4.79 Å². The van der Waals surface area contributed by atoms with E-state index in [-0.39, 0.29) is 12.3 Å². The van der Waals surface area contributed by atoms with E-state index in [4.69, 9.17) is 16.1 Å². The molecule has 1 amide bonds. The molecule has 3 aromatic rings. The predicted molar refractivity (Wildman–Crippen MR) is 88.3 cm³/mol. The normalized spacial score (nSPS) is 10.5. The van der Waals surface area contributed by atoms with E-state index in [1.165, 1.54) is 0 Å². The molecular formula is C17H14ClN3O2. The Kier molecular flexibility index (Phi) is 4.39. The fraction of sp³-hybridized carbons (Fsp3) is 0.118. The Hall–Kier alpha value is -2.66. The highest BCUT2D eigenvalue weighted by Gasteiger charge is 2.11. The Morgan fingerprint density at radius 3 is 2.74 bits per heavy atom. The fourth-order valence-electron chi connectivity index (χ4n) is 2.10. The number of halogens is 1. The summed E-state index contributed by atoms with van der Waals surface area (Å²) >= 11 is 5.86. The van der Waals surface area contributed by atoms with Crippen molar-refractivity contribution in [1.82, 2.24) is 10.1 Å². The van der Waals surface area contributed by atoms with Gasteiger partial charge in [-0.2, -0.15) is 0 Å². The van der Waals surface area contributed by atoms with Crippen LogP contribution in [0.15, 0.2) is 53.2 Å². The molecule has 1 N–H and O–H groups in total. The average Bonchev–Trinajstić information content (AvgIpc) is 2.96. The molecule has 116 valence electrons. The third kappa shape index (κ3) is 3.96. The van der Waals surface area contributed by atoms with Gasteiger partial charge in [0.25, 0.3) is 0 Å². The van der Waals surface area contributed by atoms with Gasteiger partial charge in [-0.15, -0.1) is 0 Å². The van der Waals surface area contributed by atoms with Crippen LogP contribution in [0.3, 0.4) is 0 Å². The largest absolute Gasteiger partial charge is 0.356 e. The van der Waals surface area contributed by atoms with E-state index >= 15 is 0 Å². The highest BCUT2D eigenvalue weighted by molar-refractivity contribution is 6.30. The Labute approximate surface area is 138 Å². The van der Waals surface area contributed by atoms with Crippen LogP contribution < -0.4 is 5.32 Å². The second-order valence-corrected chi connectivity index (χ2v) is 5.57. The summed E-state index contributed by atoms with van der Waals surface area (Å²) in [6.45, 7) is 1.94. The number of aromatic nitrogens is 2. The van der Waals surface area contributed by atoms with E-state index in [1.54, 1.807) is 30.5 Å². The maximum atomic E-state index is 12.0. The van der Waals surface area contributed by atoms with Crippen LogP contribution in [-0.4, -0.2) is 16.0 Å². The van der Waals surface area contributed by atoms with Gasteiger partial charge in [-0.3, -0.25) is 4.79 Å². The molecule has 23 heavy (non-hydrogen) atoms. The lowest BCUT2D eigenvalue weighted by Gasteiger charge is -2.03. The molecule has 0 saturated carbocycles. The summed E-state index contributed by atoms with van der Waals surface area (Å²) < 4.78 is 5.27. The molecule has 0 fully saturated rings. The average molecular weight is 328 g/mol. The fourth-order valence-corrected chi connectivity index (χ4v) is 2.23. The van der Waals surface area contributed by atoms with Gasteiger partial charge < -0.3 is 9.84 Å². The summed E-state index contributed by atoms with van der Waals surface area (Å²) in [5, 5.41) is 7.31. The van der Waals surface area contributed by atoms with E-state index in [0.29, 0.717) is 22.3 Å². The topological polar surface area (TPSA) is 68.0 Å². The zero-order valence-electron chi connectivity index (χ0n) is 12.4. The molecule has 2 heterocycles. The minimum Gasteiger partial charge on any atom is -0.356 e. The molecular weight excluding hydrogens is 314 g/mol. The van der Waals surface area contributed by atoms with Crippen LogP contribution in [0, 0.1) is 6.92 Å². The van der Waals surface area contributed by atoms with Crippen LogP contribution in [0.25, 0.3) is 11.3 Å². The molecule has 5 nitrogen and oxygen atoms in total. The van der Waals surface area contributed by atoms with Gasteiger partial charge in [0, 0.05) is 22.8 Å². The van der Waals surface area contributed by atoms with Crippen LogP contribution in [-0.2, 0) is 11.2 Å². The lowest BCUT2D eigenvalue weighted by atomic mass is 10.1. The van der Waals surface area contributed by atoms with Gasteiger partial charge in [-0.25, -0.2) is 4.98 Å². The summed E-state index contributed by atoms with van der Waals surface area (Å²) in [6.07, 6.45) is 1.77. The number of rotatable bonds is 4. The zero-order valence-corrected chi connectivity index (χ0v) is 13.2. The molecule has 0 spiro atoms. The Bertz CT molecular complexity index is 828. The van der Waals surface area contributed by atoms with E-state index in [1.807, 2.05) is 25.1 Å². The van der Waals surface area contributed by atoms with Crippen LogP contribution in [0.5, 0.6) is 0 Å². The molecule has 1 aromatic carbocycles. The van der Waals surface area contributed by atoms with E-state index in [0.717, 1.165) is 11.1 Å². The van der Waals surface area contributed by atoms with Gasteiger partial charge in [0.15, 0.2) is 5.76 Å². The maximum absolute atomic E-state index is 12.0. The second-order valence-electron chi connectivity index (χ2n) is 5.13. The van der Waals surface area contributed by atoms with Crippen molar-refractivity contribution in [2.75, 3.05) is 5.32 Å². The first kappa shape index (κ1) is 15.2. The quantitative estimate of drug-likeness (QED) is 0.789. The minimum absolute atomic E-state index is 0.118. The lowest BCUT2D eigenvalue weighted by Crippen LogP contribution is -2.15. The number of carbonyl (C=O) groups excluding carboxylic acids is 1. The number of nitrogens with one attached hydrogen (secondary N) is 1. The van der Waals surface area contributed by atoms with Gasteiger partial charge in [0.2, 0.25) is 5.91 Å². The monoisotopic (exact) mass is 327 g/mol. The standard InChI is InChI=1S/C17H14ClN3O2/c1-11-6-7-19-16(8-11)20-17(22)10-14-9-15(23-21-14)12-2-4-13(18)5-3-12/h2-9H,10H2,1H3,(H,19,20,22). The smallest absolute Gasteiger partial charge is 0.231 e. The first-order chi connectivity index (χ1) is 11.1. The minimum atomic E-state index is -0.195. The Morgan fingerprint density at radius 2 is 2.00 bits per heavy atom. The predicted octanol–water partition coefficient (Wildman–Crippen LogP) is 3.88. The molecule has 6 heteroatoms. The van der Waals surface area contributed by atoms with Gasteiger partial charge in [0.1, 0.15) is 5.82 Å². The van der Waals surface area contributed by atoms with E-state index < -0.39 is 0 Å². The maximum Gasteiger partial charge on any atom is 0.231 e. The molecule has 0 aliphatic rings. The third-order valence-electron chi connectivity index (χ3n) is 3.21. The summed E-state index contributed by atoms with van der Waals surface area (Å²) in [6, 6.07) is 12.6. The van der Waals surface area contributed by atoms with Crippen molar-refractivity contribution in [2.24, 2.45) is 0 Å². The molecule has 2 aromatic heterocycles. The highest BCUT2D eigenvalue weighted by atomic mass is 35.5. The van der Waals surface area contributed by atoms with Crippen molar-refractivity contribution >= 4 is 23.3 Å². The molecule has 3 rings (SSSR count). The van der Waals surface area contributed by atoms with Crippen LogP contribution in [0.4, 0.5) is 5.82 Å². The first-order valence-electron chi connectivity index (χ1n) is 7.04. The summed E-state index contributed by atoms with van der Waals surface area (Å²) in [7, 11) is 0. The van der Waals surface area contributed by atoms with Crippen LogP contribution >= 0.6 is 11.6 Å². The van der Waals surface area contributed by atoms with Crippen molar-refractivity contribution < 1.29 is 9.32 Å². The number of hydrogen-bond donors (Lipinski definition) is 1. The van der Waals surface area contributed by atoms with Gasteiger partial charge in [0.05, 0.1) is 12.1 Å². The molecule has 0 bridgehead atoms. The van der Waals surface area contributed by atoms with Crippen LogP contribution in [0.1, 0.15) is 11.3 Å². The third-order valence-corrected chi connectivity index (χ3v) is 3.46. The molecule has 0 radical (unpaired) electrons. The molecule has 0 aliphatic carbocycles. The molecule has 0 saturated heterocycles. The highest BCUT2D eigenvalue weighted by Crippen LogP contribution is 2.22. The summed E-state index contributed by atoms with van der Waals surface area (Å²) in [4.78, 5) is 16.1. The number of amides is 1. The SMILES string of the molecule is Cc1ccnc(NC(=O)Cc2cc(-c3ccc(Cl)cc3)on2)c1. The number of nitrogens with zero attached hydrogens (tertiary/aromatic N) is 2. The van der Waals surface area contributed by atoms with Crippen molar-refractivity contribution in [3.63, 3.8) is 0 Å². The van der Waals surface area contributed by atoms with E-state index in [2.05, 4.69) is 15.5 Å². The molecule has 0 atom stereocenters. The van der Waals surface area contributed by atoms with Gasteiger partial charge in [-0.05, 0) is 48.9 Å². The van der Waals surface area contributed by atoms with Crippen molar-refractivity contribution in [3.8, 4) is 11.3 Å². The molecule has 0 unspecified atom stereocenters. The number of benzene rings is 1. The van der Waals surface area contributed by atoms with Gasteiger partial charge in [-0.1, -0.05) is 16.8 Å². The number of anilines is 1. The van der Waals surface area contributed by atoms with Crippen molar-refractivity contribution in [3.05, 3.63) is 64.9 Å². The number of pyridine rings is 1. The summed E-state index contributed by atoms with van der Waals surface area (Å²) in [5.41, 5.74) is 2.44. The zero-order chi connectivity index (χ0) is 16.2. The van der Waals surface area contributed by atoms with Crippen LogP contribution in [0.2, 0.25) is 5.02 Å². The van der Waals surface area contributed by atoms with Crippen molar-refractivity contribution in [1.29, 1.82) is 0 Å². The number of carbonyl (C=O) groups is 1. The Morgan fingerprint density at radius 1 is 1.22 bits per heavy atom. The second kappa shape index (κ2) is 6.62. The van der Waals surface area contributed by atoms with Crippen molar-refractivity contribution in [2.45, 2.75) is 13.3 Å². The first-order valence-corrected chi connectivity index (χ1v) is 7.42. The molecule has 0 aliphatic heterocycles. The van der Waals surface area contributed by atoms with Gasteiger partial charge >= 0.3 is 0 Å². The summed E-state index contributed by atoms with van der Waals surface area (Å²) in [5.74, 6) is 0.925.